The molecule has 0 atom stereocenters. The lowest BCUT2D eigenvalue weighted by Gasteiger charge is -2.15. The van der Waals surface area contributed by atoms with E-state index in [9.17, 15) is 14.4 Å². The van der Waals surface area contributed by atoms with Gasteiger partial charge in [0.05, 0.1) is 36.8 Å². The zero-order valence-electron chi connectivity index (χ0n) is 13.3. The van der Waals surface area contributed by atoms with Crippen LogP contribution in [-0.4, -0.2) is 38.0 Å². The fourth-order valence-electron chi connectivity index (χ4n) is 1.72. The third kappa shape index (κ3) is 5.50. The smallest absolute Gasteiger partial charge is 0.411 e. The second kappa shape index (κ2) is 9.29. The van der Waals surface area contributed by atoms with Crippen LogP contribution in [0.15, 0.2) is 18.2 Å². The molecule has 0 aliphatic carbocycles. The predicted octanol–water partition coefficient (Wildman–Crippen LogP) is 3.00. The summed E-state index contributed by atoms with van der Waals surface area (Å²) in [6, 6.07) is 4.53. The van der Waals surface area contributed by atoms with Gasteiger partial charge >= 0.3 is 18.2 Å². The lowest BCUT2D eigenvalue weighted by molar-refractivity contribution is 0.0527. The fraction of sp³-hybridized carbons (Fsp3) is 0.400. The first-order valence-electron chi connectivity index (χ1n) is 7.21. The number of ether oxygens (including phenoxy) is 3. The second-order valence-electron chi connectivity index (χ2n) is 4.14. The molecule has 2 amide bonds. The van der Waals surface area contributed by atoms with Crippen molar-refractivity contribution in [2.24, 2.45) is 0 Å². The minimum Gasteiger partial charge on any atom is -0.462 e. The summed E-state index contributed by atoms with van der Waals surface area (Å²) in [7, 11) is 0. The highest BCUT2D eigenvalue weighted by molar-refractivity contribution is 6.05. The van der Waals surface area contributed by atoms with Crippen LogP contribution in [0.1, 0.15) is 31.1 Å². The standard InChI is InChI=1S/C15H20N2O6/c1-4-21-13(18)10-8-7-9-11(16-14(19)22-5-2)12(10)17-15(20)23-6-3/h7-9H,4-6H2,1-3H3,(H,16,19)(H,17,20). The molecule has 8 heteroatoms. The number of hydrogen-bond acceptors (Lipinski definition) is 6. The summed E-state index contributed by atoms with van der Waals surface area (Å²) in [4.78, 5) is 35.3. The van der Waals surface area contributed by atoms with E-state index in [4.69, 9.17) is 14.2 Å². The van der Waals surface area contributed by atoms with E-state index in [1.807, 2.05) is 0 Å². The monoisotopic (exact) mass is 324 g/mol. The number of carbonyl (C=O) groups is 3. The van der Waals surface area contributed by atoms with Gasteiger partial charge in [-0.1, -0.05) is 6.07 Å². The number of anilines is 2. The summed E-state index contributed by atoms with van der Waals surface area (Å²) in [5, 5.41) is 4.89. The third-order valence-electron chi connectivity index (χ3n) is 2.57. The minimum absolute atomic E-state index is 0.0810. The Kier molecular flexibility index (Phi) is 7.38. The second-order valence-corrected chi connectivity index (χ2v) is 4.14. The molecule has 1 aromatic rings. The number of para-hydroxylation sites is 1. The van der Waals surface area contributed by atoms with Crippen LogP contribution in [0.25, 0.3) is 0 Å². The SMILES string of the molecule is CCOC(=O)Nc1cccc(C(=O)OCC)c1NC(=O)OCC. The highest BCUT2D eigenvalue weighted by Gasteiger charge is 2.19. The lowest BCUT2D eigenvalue weighted by atomic mass is 10.1. The molecule has 0 heterocycles. The van der Waals surface area contributed by atoms with E-state index in [1.165, 1.54) is 12.1 Å². The van der Waals surface area contributed by atoms with Crippen LogP contribution >= 0.6 is 0 Å². The van der Waals surface area contributed by atoms with Gasteiger partial charge in [0.1, 0.15) is 0 Å². The maximum absolute atomic E-state index is 12.0. The highest BCUT2D eigenvalue weighted by Crippen LogP contribution is 2.27. The van der Waals surface area contributed by atoms with Gasteiger partial charge in [-0.15, -0.1) is 0 Å². The molecule has 0 radical (unpaired) electrons. The molecule has 23 heavy (non-hydrogen) atoms. The van der Waals surface area contributed by atoms with Crippen molar-refractivity contribution in [3.05, 3.63) is 23.8 Å². The van der Waals surface area contributed by atoms with Gasteiger partial charge in [-0.2, -0.15) is 0 Å². The molecule has 1 aromatic carbocycles. The largest absolute Gasteiger partial charge is 0.462 e. The highest BCUT2D eigenvalue weighted by atomic mass is 16.6. The van der Waals surface area contributed by atoms with Gasteiger partial charge in [-0.25, -0.2) is 14.4 Å². The molecule has 0 fully saturated rings. The number of amides is 2. The molecule has 8 nitrogen and oxygen atoms in total. The van der Waals surface area contributed by atoms with Crippen molar-refractivity contribution < 1.29 is 28.6 Å². The normalized spacial score (nSPS) is 9.70. The molecule has 0 saturated carbocycles. The van der Waals surface area contributed by atoms with Crippen molar-refractivity contribution in [1.29, 1.82) is 0 Å². The fourth-order valence-corrected chi connectivity index (χ4v) is 1.72. The van der Waals surface area contributed by atoms with Gasteiger partial charge in [-0.3, -0.25) is 10.6 Å². The zero-order chi connectivity index (χ0) is 17.2. The van der Waals surface area contributed by atoms with E-state index in [2.05, 4.69) is 10.6 Å². The van der Waals surface area contributed by atoms with E-state index in [1.54, 1.807) is 26.8 Å². The summed E-state index contributed by atoms with van der Waals surface area (Å²) < 4.78 is 14.5. The first-order valence-corrected chi connectivity index (χ1v) is 7.21. The first kappa shape index (κ1) is 18.3. The number of nitrogens with one attached hydrogen (secondary N) is 2. The van der Waals surface area contributed by atoms with Crippen molar-refractivity contribution in [2.45, 2.75) is 20.8 Å². The molecule has 0 aromatic heterocycles. The molecule has 0 saturated heterocycles. The van der Waals surface area contributed by atoms with E-state index in [0.29, 0.717) is 0 Å². The molecule has 0 unspecified atom stereocenters. The average Bonchev–Trinajstić information content (AvgIpc) is 2.49. The Morgan fingerprint density at radius 1 is 0.870 bits per heavy atom. The molecule has 0 aliphatic heterocycles. The van der Waals surface area contributed by atoms with Crippen LogP contribution in [0.5, 0.6) is 0 Å². The number of benzene rings is 1. The Labute approximate surface area is 134 Å². The van der Waals surface area contributed by atoms with Gasteiger partial charge < -0.3 is 14.2 Å². The number of hydrogen-bond donors (Lipinski definition) is 2. The quantitative estimate of drug-likeness (QED) is 0.616. The molecule has 0 bridgehead atoms. The summed E-state index contributed by atoms with van der Waals surface area (Å²) in [6.45, 7) is 5.49. The van der Waals surface area contributed by atoms with E-state index in [0.717, 1.165) is 0 Å². The van der Waals surface area contributed by atoms with Crippen LogP contribution < -0.4 is 10.6 Å². The molecule has 1 rings (SSSR count). The molecular weight excluding hydrogens is 304 g/mol. The van der Waals surface area contributed by atoms with Gasteiger partial charge in [0.2, 0.25) is 0 Å². The van der Waals surface area contributed by atoms with Crippen LogP contribution in [0.4, 0.5) is 21.0 Å². The zero-order valence-corrected chi connectivity index (χ0v) is 13.3. The van der Waals surface area contributed by atoms with Gasteiger partial charge in [0, 0.05) is 0 Å². The number of esters is 1. The van der Waals surface area contributed by atoms with E-state index < -0.39 is 18.2 Å². The Morgan fingerprint density at radius 2 is 1.43 bits per heavy atom. The molecule has 126 valence electrons. The van der Waals surface area contributed by atoms with Crippen molar-refractivity contribution in [3.63, 3.8) is 0 Å². The minimum atomic E-state index is -0.754. The van der Waals surface area contributed by atoms with Crippen LogP contribution in [0.2, 0.25) is 0 Å². The predicted molar refractivity (Wildman–Crippen MR) is 83.7 cm³/mol. The van der Waals surface area contributed by atoms with Crippen LogP contribution in [0.3, 0.4) is 0 Å². The lowest BCUT2D eigenvalue weighted by Crippen LogP contribution is -2.20. The van der Waals surface area contributed by atoms with Gasteiger partial charge in [0.15, 0.2) is 0 Å². The van der Waals surface area contributed by atoms with E-state index >= 15 is 0 Å². The summed E-state index contributed by atoms with van der Waals surface area (Å²) in [6.07, 6.45) is -1.46. The van der Waals surface area contributed by atoms with Crippen LogP contribution in [0, 0.1) is 0 Å². The van der Waals surface area contributed by atoms with Crippen molar-refractivity contribution >= 4 is 29.5 Å². The van der Waals surface area contributed by atoms with Crippen molar-refractivity contribution in [2.75, 3.05) is 30.5 Å². The van der Waals surface area contributed by atoms with Crippen molar-refractivity contribution in [1.82, 2.24) is 0 Å². The summed E-state index contributed by atoms with van der Waals surface area (Å²) >= 11 is 0. The Balaban J connectivity index is 3.16. The number of rotatable bonds is 6. The Bertz CT molecular complexity index is 573. The van der Waals surface area contributed by atoms with E-state index in [-0.39, 0.29) is 36.8 Å². The van der Waals surface area contributed by atoms with Gasteiger partial charge in [0.25, 0.3) is 0 Å². The maximum atomic E-state index is 12.0. The van der Waals surface area contributed by atoms with Crippen molar-refractivity contribution in [3.8, 4) is 0 Å². The molecular formula is C15H20N2O6. The maximum Gasteiger partial charge on any atom is 0.411 e. The molecule has 2 N–H and O–H groups in total. The third-order valence-corrected chi connectivity index (χ3v) is 2.57. The van der Waals surface area contributed by atoms with Crippen LogP contribution in [-0.2, 0) is 14.2 Å². The summed E-state index contributed by atoms with van der Waals surface area (Å²) in [5.74, 6) is -0.633. The summed E-state index contributed by atoms with van der Waals surface area (Å²) in [5.41, 5.74) is 0.369. The Hall–Kier alpha value is -2.77. The molecule has 0 aliphatic rings. The first-order chi connectivity index (χ1) is 11.0. The topological polar surface area (TPSA) is 103 Å². The van der Waals surface area contributed by atoms with Gasteiger partial charge in [-0.05, 0) is 32.9 Å². The Morgan fingerprint density at radius 3 is 2.00 bits per heavy atom. The molecule has 0 spiro atoms. The number of carbonyl (C=O) groups excluding carboxylic acids is 3. The average molecular weight is 324 g/mol.